The molecule has 0 fully saturated rings. The molecule has 0 aliphatic heterocycles. The van der Waals surface area contributed by atoms with E-state index in [0.717, 1.165) is 31.7 Å². The zero-order valence-electron chi connectivity index (χ0n) is 13.0. The molecule has 1 amide bonds. The molecular formula is C16H32ClNO. The number of unbranched alkanes of at least 4 members (excludes halogenated alkanes) is 2. The maximum Gasteiger partial charge on any atom is 0.220 e. The Labute approximate surface area is 124 Å². The maximum absolute atomic E-state index is 11.7. The van der Waals surface area contributed by atoms with Crippen LogP contribution in [-0.2, 0) is 4.79 Å². The third-order valence-corrected chi connectivity index (χ3v) is 3.74. The van der Waals surface area contributed by atoms with Crippen molar-refractivity contribution in [2.45, 2.75) is 72.1 Å². The molecule has 2 nitrogen and oxygen atoms in total. The van der Waals surface area contributed by atoms with Gasteiger partial charge in [-0.1, -0.05) is 40.0 Å². The Morgan fingerprint density at radius 2 is 1.84 bits per heavy atom. The summed E-state index contributed by atoms with van der Waals surface area (Å²) in [5.74, 6) is 2.32. The molecule has 1 N–H and O–H groups in total. The zero-order valence-corrected chi connectivity index (χ0v) is 13.8. The predicted molar refractivity (Wildman–Crippen MR) is 84.7 cm³/mol. The van der Waals surface area contributed by atoms with Crippen molar-refractivity contribution in [2.24, 2.45) is 11.8 Å². The van der Waals surface area contributed by atoms with E-state index >= 15 is 0 Å². The van der Waals surface area contributed by atoms with Gasteiger partial charge < -0.3 is 5.32 Å². The number of alkyl halides is 1. The van der Waals surface area contributed by atoms with E-state index in [2.05, 4.69) is 26.1 Å². The molecule has 114 valence electrons. The molecule has 0 radical (unpaired) electrons. The summed E-state index contributed by atoms with van der Waals surface area (Å²) in [4.78, 5) is 11.7. The normalized spacial score (nSPS) is 12.7. The smallest absolute Gasteiger partial charge is 0.220 e. The number of amides is 1. The van der Waals surface area contributed by atoms with Crippen molar-refractivity contribution in [1.29, 1.82) is 0 Å². The second-order valence-electron chi connectivity index (χ2n) is 5.93. The van der Waals surface area contributed by atoms with Crippen LogP contribution in [0.2, 0.25) is 0 Å². The van der Waals surface area contributed by atoms with Gasteiger partial charge in [0.25, 0.3) is 0 Å². The monoisotopic (exact) mass is 289 g/mol. The van der Waals surface area contributed by atoms with Crippen molar-refractivity contribution in [3.05, 3.63) is 0 Å². The first-order chi connectivity index (χ1) is 9.10. The van der Waals surface area contributed by atoms with Gasteiger partial charge >= 0.3 is 0 Å². The molecule has 0 aromatic carbocycles. The molecule has 3 heteroatoms. The van der Waals surface area contributed by atoms with Crippen LogP contribution in [-0.4, -0.2) is 18.3 Å². The molecule has 0 spiro atoms. The Morgan fingerprint density at radius 3 is 2.42 bits per heavy atom. The number of nitrogens with one attached hydrogen (secondary N) is 1. The van der Waals surface area contributed by atoms with Gasteiger partial charge in [-0.05, 0) is 37.5 Å². The summed E-state index contributed by atoms with van der Waals surface area (Å²) in [7, 11) is 0. The lowest BCUT2D eigenvalue weighted by Gasteiger charge is -2.18. The number of carbonyl (C=O) groups excluding carboxylic acids is 1. The van der Waals surface area contributed by atoms with Crippen molar-refractivity contribution in [3.8, 4) is 0 Å². The van der Waals surface area contributed by atoms with Crippen molar-refractivity contribution < 1.29 is 4.79 Å². The van der Waals surface area contributed by atoms with Gasteiger partial charge in [0.1, 0.15) is 0 Å². The van der Waals surface area contributed by atoms with E-state index in [-0.39, 0.29) is 5.91 Å². The summed E-state index contributed by atoms with van der Waals surface area (Å²) in [5, 5.41) is 3.10. The second-order valence-corrected chi connectivity index (χ2v) is 6.31. The van der Waals surface area contributed by atoms with Crippen molar-refractivity contribution in [3.63, 3.8) is 0 Å². The van der Waals surface area contributed by atoms with Gasteiger partial charge in [0.05, 0.1) is 0 Å². The molecule has 0 bridgehead atoms. The van der Waals surface area contributed by atoms with E-state index in [4.69, 9.17) is 11.6 Å². The Morgan fingerprint density at radius 1 is 1.11 bits per heavy atom. The van der Waals surface area contributed by atoms with Gasteiger partial charge in [0.2, 0.25) is 5.91 Å². The maximum atomic E-state index is 11.7. The van der Waals surface area contributed by atoms with E-state index in [1.54, 1.807) is 0 Å². The molecule has 1 atom stereocenters. The van der Waals surface area contributed by atoms with E-state index in [9.17, 15) is 4.79 Å². The van der Waals surface area contributed by atoms with E-state index in [1.165, 1.54) is 25.7 Å². The van der Waals surface area contributed by atoms with E-state index < -0.39 is 0 Å². The van der Waals surface area contributed by atoms with Crippen molar-refractivity contribution in [1.82, 2.24) is 5.32 Å². The highest BCUT2D eigenvalue weighted by Crippen LogP contribution is 2.16. The summed E-state index contributed by atoms with van der Waals surface area (Å²) in [6.07, 6.45) is 8.61. The van der Waals surface area contributed by atoms with Gasteiger partial charge in [-0.3, -0.25) is 4.79 Å². The second kappa shape index (κ2) is 12.8. The molecule has 0 aromatic heterocycles. The molecular weight excluding hydrogens is 258 g/mol. The molecule has 0 aliphatic rings. The van der Waals surface area contributed by atoms with E-state index in [1.807, 2.05) is 0 Å². The molecule has 0 aromatic rings. The lowest BCUT2D eigenvalue weighted by molar-refractivity contribution is -0.121. The highest BCUT2D eigenvalue weighted by molar-refractivity contribution is 6.17. The number of halogens is 1. The van der Waals surface area contributed by atoms with Crippen LogP contribution in [0.25, 0.3) is 0 Å². The average Bonchev–Trinajstić information content (AvgIpc) is 2.38. The summed E-state index contributed by atoms with van der Waals surface area (Å²) in [5.41, 5.74) is 0. The van der Waals surface area contributed by atoms with Crippen LogP contribution in [0.3, 0.4) is 0 Å². The SMILES string of the molecule is CCCC(CCC(C)C)CNC(=O)CCCCCCl. The molecule has 0 rings (SSSR count). The van der Waals surface area contributed by atoms with Crippen LogP contribution in [0.1, 0.15) is 72.1 Å². The van der Waals surface area contributed by atoms with Gasteiger partial charge in [0.15, 0.2) is 0 Å². The molecule has 19 heavy (non-hydrogen) atoms. The zero-order chi connectivity index (χ0) is 14.5. The average molecular weight is 290 g/mol. The Balaban J connectivity index is 3.73. The number of hydrogen-bond donors (Lipinski definition) is 1. The summed E-state index contributed by atoms with van der Waals surface area (Å²) in [6.45, 7) is 7.60. The molecule has 0 aliphatic carbocycles. The first-order valence-electron chi connectivity index (χ1n) is 7.92. The number of hydrogen-bond acceptors (Lipinski definition) is 1. The van der Waals surface area contributed by atoms with Crippen LogP contribution in [0.15, 0.2) is 0 Å². The summed E-state index contributed by atoms with van der Waals surface area (Å²) >= 11 is 5.61. The van der Waals surface area contributed by atoms with E-state index in [0.29, 0.717) is 18.2 Å². The fraction of sp³-hybridized carbons (Fsp3) is 0.938. The highest BCUT2D eigenvalue weighted by atomic mass is 35.5. The quantitative estimate of drug-likeness (QED) is 0.407. The topological polar surface area (TPSA) is 29.1 Å². The summed E-state index contributed by atoms with van der Waals surface area (Å²) in [6, 6.07) is 0. The fourth-order valence-corrected chi connectivity index (χ4v) is 2.42. The lowest BCUT2D eigenvalue weighted by atomic mass is 9.94. The standard InChI is InChI=1S/C16H32ClNO/c1-4-8-15(11-10-14(2)3)13-18-16(19)9-6-5-7-12-17/h14-15H,4-13H2,1-3H3,(H,18,19). The van der Waals surface area contributed by atoms with Gasteiger partial charge in [-0.2, -0.15) is 0 Å². The van der Waals surface area contributed by atoms with Gasteiger partial charge in [-0.25, -0.2) is 0 Å². The Bertz CT molecular complexity index is 219. The fourth-order valence-electron chi connectivity index (χ4n) is 2.23. The van der Waals surface area contributed by atoms with Gasteiger partial charge in [0, 0.05) is 18.8 Å². The van der Waals surface area contributed by atoms with Crippen LogP contribution in [0.4, 0.5) is 0 Å². The van der Waals surface area contributed by atoms with Crippen LogP contribution < -0.4 is 5.32 Å². The molecule has 1 unspecified atom stereocenters. The van der Waals surface area contributed by atoms with Crippen LogP contribution in [0.5, 0.6) is 0 Å². The first kappa shape index (κ1) is 18.8. The Hall–Kier alpha value is -0.240. The molecule has 0 saturated carbocycles. The van der Waals surface area contributed by atoms with Crippen molar-refractivity contribution in [2.75, 3.05) is 12.4 Å². The summed E-state index contributed by atoms with van der Waals surface area (Å²) < 4.78 is 0. The predicted octanol–water partition coefficient (Wildman–Crippen LogP) is 4.75. The Kier molecular flexibility index (Phi) is 12.6. The first-order valence-corrected chi connectivity index (χ1v) is 8.46. The highest BCUT2D eigenvalue weighted by Gasteiger charge is 2.10. The third kappa shape index (κ3) is 12.5. The minimum atomic E-state index is 0.209. The van der Waals surface area contributed by atoms with Crippen LogP contribution in [0, 0.1) is 11.8 Å². The third-order valence-electron chi connectivity index (χ3n) is 3.47. The largest absolute Gasteiger partial charge is 0.356 e. The minimum absolute atomic E-state index is 0.209. The van der Waals surface area contributed by atoms with Gasteiger partial charge in [-0.15, -0.1) is 11.6 Å². The molecule has 0 heterocycles. The van der Waals surface area contributed by atoms with Crippen LogP contribution >= 0.6 is 11.6 Å². The number of rotatable bonds is 12. The number of carbonyl (C=O) groups is 1. The minimum Gasteiger partial charge on any atom is -0.356 e. The lowest BCUT2D eigenvalue weighted by Crippen LogP contribution is -2.29. The van der Waals surface area contributed by atoms with Crippen molar-refractivity contribution >= 4 is 17.5 Å². The molecule has 0 saturated heterocycles.